The standard InChI is InChI=1S/C24H21F5N2/c1-2-3-4-5-17-14-30-22(31-15-17)9-7-16-6-8-19-18(12-16)13-21(25)20(23(19)26)10-11-24(27,28)29/h6,8,12-15H,2-5,7,9H2,1H3. The van der Waals surface area contributed by atoms with Crippen molar-refractivity contribution in [2.75, 3.05) is 0 Å². The van der Waals surface area contributed by atoms with Crippen molar-refractivity contribution in [1.82, 2.24) is 9.97 Å². The number of unbranched alkanes of at least 4 members (excludes halogenated alkanes) is 2. The van der Waals surface area contributed by atoms with E-state index in [-0.39, 0.29) is 10.8 Å². The first-order valence-corrected chi connectivity index (χ1v) is 10.1. The van der Waals surface area contributed by atoms with Gasteiger partial charge in [0.2, 0.25) is 0 Å². The topological polar surface area (TPSA) is 25.8 Å². The van der Waals surface area contributed by atoms with Crippen molar-refractivity contribution in [2.45, 2.75) is 51.6 Å². The van der Waals surface area contributed by atoms with Gasteiger partial charge < -0.3 is 0 Å². The summed E-state index contributed by atoms with van der Waals surface area (Å²) in [6.07, 6.45) is 4.32. The summed E-state index contributed by atoms with van der Waals surface area (Å²) >= 11 is 0. The van der Waals surface area contributed by atoms with Crippen LogP contribution in [0.1, 0.15) is 48.7 Å². The van der Waals surface area contributed by atoms with Gasteiger partial charge in [0, 0.05) is 30.1 Å². The van der Waals surface area contributed by atoms with Crippen LogP contribution in [0.5, 0.6) is 0 Å². The summed E-state index contributed by atoms with van der Waals surface area (Å²) in [4.78, 5) is 8.75. The Kier molecular flexibility index (Phi) is 7.21. The normalized spacial score (nSPS) is 11.4. The second-order valence-corrected chi connectivity index (χ2v) is 7.32. The van der Waals surface area contributed by atoms with Crippen molar-refractivity contribution in [3.05, 3.63) is 70.8 Å². The molecule has 0 spiro atoms. The van der Waals surface area contributed by atoms with Gasteiger partial charge in [-0.15, -0.1) is 0 Å². The third-order valence-corrected chi connectivity index (χ3v) is 4.89. The van der Waals surface area contributed by atoms with Gasteiger partial charge in [0.15, 0.2) is 0 Å². The average Bonchev–Trinajstić information content (AvgIpc) is 2.72. The highest BCUT2D eigenvalue weighted by Gasteiger charge is 2.24. The minimum atomic E-state index is -4.83. The van der Waals surface area contributed by atoms with Crippen LogP contribution in [0.2, 0.25) is 0 Å². The van der Waals surface area contributed by atoms with Gasteiger partial charge in [-0.25, -0.2) is 18.7 Å². The molecule has 0 bridgehead atoms. The van der Waals surface area contributed by atoms with Crippen LogP contribution in [-0.4, -0.2) is 16.1 Å². The molecule has 0 aliphatic heterocycles. The lowest BCUT2D eigenvalue weighted by molar-refractivity contribution is -0.0696. The maximum atomic E-state index is 14.5. The number of aromatic nitrogens is 2. The lowest BCUT2D eigenvalue weighted by Crippen LogP contribution is -2.03. The van der Waals surface area contributed by atoms with Crippen LogP contribution in [0.25, 0.3) is 10.8 Å². The molecule has 2 nitrogen and oxygen atoms in total. The smallest absolute Gasteiger partial charge is 0.241 e. The minimum absolute atomic E-state index is 0.0179. The molecule has 0 amide bonds. The fraction of sp³-hybridized carbons (Fsp3) is 0.333. The zero-order valence-corrected chi connectivity index (χ0v) is 17.0. The zero-order chi connectivity index (χ0) is 22.4. The first-order chi connectivity index (χ1) is 14.8. The molecule has 0 saturated heterocycles. The highest BCUT2D eigenvalue weighted by atomic mass is 19.4. The van der Waals surface area contributed by atoms with Gasteiger partial charge in [-0.3, -0.25) is 0 Å². The van der Waals surface area contributed by atoms with Crippen molar-refractivity contribution in [3.8, 4) is 11.8 Å². The lowest BCUT2D eigenvalue weighted by atomic mass is 10.0. The average molecular weight is 432 g/mol. The molecule has 0 unspecified atom stereocenters. The summed E-state index contributed by atoms with van der Waals surface area (Å²) in [5, 5.41) is 0.279. The van der Waals surface area contributed by atoms with E-state index in [1.807, 2.05) is 12.4 Å². The molecule has 0 fully saturated rings. The van der Waals surface area contributed by atoms with Crippen molar-refractivity contribution in [3.63, 3.8) is 0 Å². The summed E-state index contributed by atoms with van der Waals surface area (Å²) in [6, 6.07) is 5.70. The van der Waals surface area contributed by atoms with Crippen molar-refractivity contribution in [2.24, 2.45) is 0 Å². The highest BCUT2D eigenvalue weighted by Crippen LogP contribution is 2.26. The first kappa shape index (κ1) is 22.7. The summed E-state index contributed by atoms with van der Waals surface area (Å²) < 4.78 is 65.4. The molecular formula is C24H21F5N2. The van der Waals surface area contributed by atoms with Gasteiger partial charge in [-0.1, -0.05) is 43.9 Å². The van der Waals surface area contributed by atoms with Crippen molar-refractivity contribution in [1.29, 1.82) is 0 Å². The van der Waals surface area contributed by atoms with Gasteiger partial charge in [0.05, 0.1) is 5.56 Å². The molecule has 31 heavy (non-hydrogen) atoms. The molecule has 1 aromatic heterocycles. The SMILES string of the molecule is CCCCCc1cnc(CCc2ccc3c(F)c(C#CC(F)(F)F)c(F)cc3c2)nc1. The number of nitrogens with zero attached hydrogens (tertiary/aromatic N) is 2. The van der Waals surface area contributed by atoms with E-state index in [0.29, 0.717) is 18.7 Å². The van der Waals surface area contributed by atoms with Crippen molar-refractivity contribution < 1.29 is 22.0 Å². The first-order valence-electron chi connectivity index (χ1n) is 10.1. The van der Waals surface area contributed by atoms with E-state index >= 15 is 0 Å². The number of hydrogen-bond acceptors (Lipinski definition) is 2. The molecule has 0 saturated carbocycles. The summed E-state index contributed by atoms with van der Waals surface area (Å²) in [5.41, 5.74) is 1.03. The van der Waals surface area contributed by atoms with E-state index < -0.39 is 23.4 Å². The van der Waals surface area contributed by atoms with E-state index in [0.717, 1.165) is 42.4 Å². The molecule has 162 valence electrons. The quantitative estimate of drug-likeness (QED) is 0.247. The molecular weight excluding hydrogens is 411 g/mol. The number of rotatable bonds is 7. The Bertz CT molecular complexity index is 1110. The van der Waals surface area contributed by atoms with E-state index in [9.17, 15) is 22.0 Å². The molecule has 7 heteroatoms. The highest BCUT2D eigenvalue weighted by molar-refractivity contribution is 5.85. The molecule has 0 radical (unpaired) electrons. The summed E-state index contributed by atoms with van der Waals surface area (Å²) in [6.45, 7) is 2.15. The molecule has 3 aromatic rings. The maximum Gasteiger partial charge on any atom is 0.458 e. The van der Waals surface area contributed by atoms with Crippen LogP contribution in [0.3, 0.4) is 0 Å². The molecule has 0 atom stereocenters. The molecule has 0 aliphatic carbocycles. The molecule has 0 N–H and O–H groups in total. The van der Waals surface area contributed by atoms with E-state index in [2.05, 4.69) is 16.9 Å². The number of halogens is 5. The van der Waals surface area contributed by atoms with Crippen LogP contribution >= 0.6 is 0 Å². The predicted molar refractivity (Wildman–Crippen MR) is 109 cm³/mol. The van der Waals surface area contributed by atoms with Crippen LogP contribution in [0, 0.1) is 23.5 Å². The number of hydrogen-bond donors (Lipinski definition) is 0. The molecule has 2 aromatic carbocycles. The van der Waals surface area contributed by atoms with Gasteiger partial charge in [-0.2, -0.15) is 13.2 Å². The Labute approximate surface area is 177 Å². The van der Waals surface area contributed by atoms with E-state index in [4.69, 9.17) is 0 Å². The predicted octanol–water partition coefficient (Wildman–Crippen LogP) is 6.34. The van der Waals surface area contributed by atoms with Crippen LogP contribution in [-0.2, 0) is 19.3 Å². The summed E-state index contributed by atoms with van der Waals surface area (Å²) in [7, 11) is 0. The van der Waals surface area contributed by atoms with Crippen molar-refractivity contribution >= 4 is 10.8 Å². The summed E-state index contributed by atoms with van der Waals surface area (Å²) in [5.74, 6) is 0.916. The molecule has 3 rings (SSSR count). The van der Waals surface area contributed by atoms with Crippen LogP contribution in [0.15, 0.2) is 36.7 Å². The second kappa shape index (κ2) is 9.86. The van der Waals surface area contributed by atoms with E-state index in [1.54, 1.807) is 18.1 Å². The van der Waals surface area contributed by atoms with Gasteiger partial charge in [-0.05, 0) is 41.8 Å². The third kappa shape index (κ3) is 6.24. The second-order valence-electron chi connectivity index (χ2n) is 7.32. The number of alkyl halides is 3. The Morgan fingerprint density at radius 1 is 0.903 bits per heavy atom. The lowest BCUT2D eigenvalue weighted by Gasteiger charge is -2.07. The Balaban J connectivity index is 1.73. The third-order valence-electron chi connectivity index (χ3n) is 4.89. The number of aryl methyl sites for hydroxylation is 3. The molecule has 0 aliphatic rings. The van der Waals surface area contributed by atoms with Gasteiger partial charge >= 0.3 is 6.18 Å². The minimum Gasteiger partial charge on any atom is -0.241 e. The van der Waals surface area contributed by atoms with Crippen LogP contribution in [0.4, 0.5) is 22.0 Å². The van der Waals surface area contributed by atoms with Crippen LogP contribution < -0.4 is 0 Å². The molecule has 1 heterocycles. The Morgan fingerprint density at radius 2 is 1.65 bits per heavy atom. The zero-order valence-electron chi connectivity index (χ0n) is 17.0. The van der Waals surface area contributed by atoms with E-state index in [1.165, 1.54) is 12.5 Å². The fourth-order valence-electron chi connectivity index (χ4n) is 3.26. The number of fused-ring (bicyclic) bond motifs is 1. The largest absolute Gasteiger partial charge is 0.458 e. The van der Waals surface area contributed by atoms with Gasteiger partial charge in [0.25, 0.3) is 0 Å². The Morgan fingerprint density at radius 3 is 2.32 bits per heavy atom. The maximum absolute atomic E-state index is 14.5. The Hall–Kier alpha value is -3.01. The fourth-order valence-corrected chi connectivity index (χ4v) is 3.26. The monoisotopic (exact) mass is 432 g/mol. The van der Waals surface area contributed by atoms with Gasteiger partial charge in [0.1, 0.15) is 17.5 Å². The number of benzene rings is 2.